The molecule has 3 N–H and O–H groups in total. The topological polar surface area (TPSA) is 87.7 Å². The number of ether oxygens (including phenoxy) is 1. The van der Waals surface area contributed by atoms with E-state index in [4.69, 9.17) is 9.84 Å². The lowest BCUT2D eigenvalue weighted by molar-refractivity contribution is -0.143. The lowest BCUT2D eigenvalue weighted by Gasteiger charge is -2.15. The first-order valence-corrected chi connectivity index (χ1v) is 13.3. The van der Waals surface area contributed by atoms with Gasteiger partial charge in [-0.15, -0.1) is 0 Å². The lowest BCUT2D eigenvalue weighted by Crippen LogP contribution is -2.20. The summed E-state index contributed by atoms with van der Waals surface area (Å²) in [5.41, 5.74) is -3.56. The highest BCUT2D eigenvalue weighted by Crippen LogP contribution is 2.37. The van der Waals surface area contributed by atoms with Crippen LogP contribution in [0.5, 0.6) is 11.5 Å². The Morgan fingerprint density at radius 1 is 0.595 bits per heavy atom. The predicted octanol–water partition coefficient (Wildman–Crippen LogP) is 11.0. The lowest BCUT2D eigenvalue weighted by atomic mass is 10.1. The predicted molar refractivity (Wildman–Crippen MR) is 154 cm³/mol. The molecular weight excluding hydrogens is 566 g/mol. The van der Waals surface area contributed by atoms with Gasteiger partial charge < -0.3 is 20.5 Å². The molecule has 0 unspecified atom stereocenters. The molecule has 0 bridgehead atoms. The Bertz CT molecular complexity index is 1160. The number of carboxylic acids is 1. The molecule has 3 aromatic carbocycles. The van der Waals surface area contributed by atoms with Gasteiger partial charge in [0.2, 0.25) is 0 Å². The molecule has 12 heteroatoms. The molecule has 0 spiro atoms. The first kappa shape index (κ1) is 39.9. The van der Waals surface area contributed by atoms with Gasteiger partial charge in [0.05, 0.1) is 16.7 Å². The molecule has 0 aromatic heterocycles. The van der Waals surface area contributed by atoms with Gasteiger partial charge >= 0.3 is 24.4 Å². The normalized spacial score (nSPS) is 9.95. The maximum absolute atomic E-state index is 12.9. The van der Waals surface area contributed by atoms with E-state index in [1.165, 1.54) is 48.5 Å². The quantitative estimate of drug-likeness (QED) is 0.253. The molecular formula is C30H38F6N2O4. The van der Waals surface area contributed by atoms with E-state index in [1.54, 1.807) is 0 Å². The third-order valence-corrected chi connectivity index (χ3v) is 4.29. The number of carbonyl (C=O) groups excluding carboxylic acids is 1. The monoisotopic (exact) mass is 604 g/mol. The van der Waals surface area contributed by atoms with Gasteiger partial charge in [-0.1, -0.05) is 55.4 Å². The molecule has 0 saturated carbocycles. The second-order valence-electron chi connectivity index (χ2n) is 6.83. The average molecular weight is 605 g/mol. The van der Waals surface area contributed by atoms with E-state index in [9.17, 15) is 35.9 Å². The van der Waals surface area contributed by atoms with Crippen molar-refractivity contribution in [1.29, 1.82) is 0 Å². The van der Waals surface area contributed by atoms with Crippen molar-refractivity contribution in [1.82, 2.24) is 0 Å². The van der Waals surface area contributed by atoms with Crippen molar-refractivity contribution in [3.05, 3.63) is 83.4 Å². The van der Waals surface area contributed by atoms with Crippen molar-refractivity contribution < 1.29 is 45.8 Å². The largest absolute Gasteiger partial charge is 0.478 e. The minimum absolute atomic E-state index is 0.0446. The number of anilines is 2. The number of nitrogens with one attached hydrogen (secondary N) is 2. The van der Waals surface area contributed by atoms with E-state index >= 15 is 0 Å². The minimum Gasteiger partial charge on any atom is -0.478 e. The fraction of sp³-hybridized carbons (Fsp3) is 0.333. The molecule has 6 nitrogen and oxygen atoms in total. The molecule has 3 rings (SSSR count). The smallest absolute Gasteiger partial charge is 0.416 e. The molecule has 0 heterocycles. The zero-order valence-corrected chi connectivity index (χ0v) is 24.8. The summed E-state index contributed by atoms with van der Waals surface area (Å²) in [6, 6.07) is 10.9. The Morgan fingerprint density at radius 3 is 1.31 bits per heavy atom. The van der Waals surface area contributed by atoms with E-state index in [0.29, 0.717) is 23.6 Å². The zero-order valence-electron chi connectivity index (χ0n) is 24.8. The Hall–Kier alpha value is -4.22. The molecule has 0 saturated heterocycles. The third-order valence-electron chi connectivity index (χ3n) is 4.29. The summed E-state index contributed by atoms with van der Waals surface area (Å²) in [6.07, 6.45) is -10.1. The fourth-order valence-electron chi connectivity index (χ4n) is 2.73. The molecule has 234 valence electrons. The van der Waals surface area contributed by atoms with E-state index in [1.807, 2.05) is 60.7 Å². The van der Waals surface area contributed by atoms with Crippen molar-refractivity contribution in [2.45, 2.75) is 67.7 Å². The molecule has 0 fully saturated rings. The van der Waals surface area contributed by atoms with Gasteiger partial charge in [-0.05, 0) is 66.7 Å². The van der Waals surface area contributed by atoms with Crippen LogP contribution in [0.25, 0.3) is 0 Å². The van der Waals surface area contributed by atoms with Crippen LogP contribution >= 0.6 is 0 Å². The number of hydrogen-bond donors (Lipinski definition) is 3. The van der Waals surface area contributed by atoms with Crippen LogP contribution in [0.15, 0.2) is 66.7 Å². The standard InChI is InChI=1S/C22H14F6N2O4.4C2H6/c23-21(24,25)13-9-14(22(26,27)28)11-16(10-13)30-20(33)29-15-3-7-18(8-4-15)34-17-5-1-12(2-6-17)19(31)32;4*1-2/h1-11H,(H,31,32)(H2,29,30,33);4*1-2H3. The van der Waals surface area contributed by atoms with Crippen LogP contribution in [-0.2, 0) is 12.4 Å². The maximum Gasteiger partial charge on any atom is 0.416 e. The molecule has 0 atom stereocenters. The SMILES string of the molecule is CC.CC.CC.CC.O=C(Nc1ccc(Oc2ccc(C(=O)O)cc2)cc1)Nc1cc(C(F)(F)F)cc(C(F)(F)F)c1. The average Bonchev–Trinajstić information content (AvgIpc) is 2.97. The highest BCUT2D eigenvalue weighted by molar-refractivity contribution is 5.99. The van der Waals surface area contributed by atoms with E-state index < -0.39 is 41.2 Å². The van der Waals surface area contributed by atoms with E-state index in [0.717, 1.165) is 0 Å². The Morgan fingerprint density at radius 2 is 0.952 bits per heavy atom. The Labute approximate surface area is 242 Å². The highest BCUT2D eigenvalue weighted by atomic mass is 19.4. The summed E-state index contributed by atoms with van der Waals surface area (Å²) in [5.74, 6) is -0.435. The summed E-state index contributed by atoms with van der Waals surface area (Å²) in [5, 5.41) is 13.1. The molecule has 0 aliphatic heterocycles. The van der Waals surface area contributed by atoms with Crippen molar-refractivity contribution in [2.75, 3.05) is 10.6 Å². The Balaban J connectivity index is 0. The Kier molecular flexibility index (Phi) is 18.8. The number of aromatic carboxylic acids is 1. The first-order chi connectivity index (χ1) is 19.8. The van der Waals surface area contributed by atoms with Gasteiger partial charge in [0.1, 0.15) is 11.5 Å². The molecule has 0 aliphatic rings. The summed E-state index contributed by atoms with van der Waals surface area (Å²) in [7, 11) is 0. The van der Waals surface area contributed by atoms with E-state index in [-0.39, 0.29) is 17.3 Å². The van der Waals surface area contributed by atoms with Crippen LogP contribution in [0.4, 0.5) is 42.5 Å². The van der Waals surface area contributed by atoms with Crippen LogP contribution in [0.1, 0.15) is 76.9 Å². The summed E-state index contributed by atoms with van der Waals surface area (Å²) in [6.45, 7) is 16.0. The number of alkyl halides is 6. The number of carbonyl (C=O) groups is 2. The van der Waals surface area contributed by atoms with Gasteiger partial charge in [-0.25, -0.2) is 9.59 Å². The van der Waals surface area contributed by atoms with Gasteiger partial charge in [0, 0.05) is 11.4 Å². The first-order valence-electron chi connectivity index (χ1n) is 13.3. The van der Waals surface area contributed by atoms with Crippen LogP contribution in [0, 0.1) is 0 Å². The summed E-state index contributed by atoms with van der Waals surface area (Å²) in [4.78, 5) is 23.0. The maximum atomic E-state index is 12.9. The molecule has 42 heavy (non-hydrogen) atoms. The number of hydrogen-bond acceptors (Lipinski definition) is 3. The number of halogens is 6. The fourth-order valence-corrected chi connectivity index (χ4v) is 2.73. The second kappa shape index (κ2) is 19.8. The van der Waals surface area contributed by atoms with Crippen molar-refractivity contribution in [3.63, 3.8) is 0 Å². The summed E-state index contributed by atoms with van der Waals surface area (Å²) < 4.78 is 83.1. The molecule has 2 amide bonds. The molecule has 0 aliphatic carbocycles. The van der Waals surface area contributed by atoms with Gasteiger partial charge in [0.25, 0.3) is 0 Å². The molecule has 0 radical (unpaired) electrons. The van der Waals surface area contributed by atoms with Gasteiger partial charge in [-0.3, -0.25) is 0 Å². The number of amides is 2. The van der Waals surface area contributed by atoms with Crippen molar-refractivity contribution in [2.24, 2.45) is 0 Å². The zero-order chi connectivity index (χ0) is 33.1. The number of carboxylic acid groups (broad SMARTS) is 1. The minimum atomic E-state index is -5.04. The van der Waals surface area contributed by atoms with Crippen molar-refractivity contribution in [3.8, 4) is 11.5 Å². The third kappa shape index (κ3) is 13.9. The van der Waals surface area contributed by atoms with Crippen molar-refractivity contribution >= 4 is 23.4 Å². The number of benzene rings is 3. The van der Waals surface area contributed by atoms with Crippen LogP contribution in [-0.4, -0.2) is 17.1 Å². The van der Waals surface area contributed by atoms with Crippen LogP contribution < -0.4 is 15.4 Å². The highest BCUT2D eigenvalue weighted by Gasteiger charge is 2.37. The number of urea groups is 1. The van der Waals surface area contributed by atoms with Gasteiger partial charge in [-0.2, -0.15) is 26.3 Å². The molecule has 3 aromatic rings. The van der Waals surface area contributed by atoms with Gasteiger partial charge in [0.15, 0.2) is 0 Å². The van der Waals surface area contributed by atoms with Crippen LogP contribution in [0.2, 0.25) is 0 Å². The van der Waals surface area contributed by atoms with E-state index in [2.05, 4.69) is 5.32 Å². The van der Waals surface area contributed by atoms with Crippen LogP contribution in [0.3, 0.4) is 0 Å². The number of rotatable bonds is 5. The second-order valence-corrected chi connectivity index (χ2v) is 6.83. The summed E-state index contributed by atoms with van der Waals surface area (Å²) >= 11 is 0.